The molecule has 0 saturated heterocycles. The number of carbonyl (C=O) groups is 1. The predicted octanol–water partition coefficient (Wildman–Crippen LogP) is 3.71. The van der Waals surface area contributed by atoms with Crippen LogP contribution < -0.4 is 0 Å². The molecule has 1 fully saturated rings. The SMILES string of the molecule is CC1=CCC[C@]2(C)[C@H](OC=O)[C@@H](C)CC[C@@]12C. The maximum Gasteiger partial charge on any atom is 0.293 e. The summed E-state index contributed by atoms with van der Waals surface area (Å²) < 4.78 is 5.47. The predicted molar refractivity (Wildman–Crippen MR) is 68.5 cm³/mol. The van der Waals surface area contributed by atoms with Crippen molar-refractivity contribution in [3.8, 4) is 0 Å². The van der Waals surface area contributed by atoms with Crippen molar-refractivity contribution in [3.05, 3.63) is 11.6 Å². The van der Waals surface area contributed by atoms with Gasteiger partial charge in [-0.3, -0.25) is 4.79 Å². The Morgan fingerprint density at radius 1 is 1.41 bits per heavy atom. The van der Waals surface area contributed by atoms with Gasteiger partial charge in [0.1, 0.15) is 6.10 Å². The number of hydrogen-bond acceptors (Lipinski definition) is 2. The van der Waals surface area contributed by atoms with E-state index in [2.05, 4.69) is 33.8 Å². The minimum absolute atomic E-state index is 0.0717. The Kier molecular flexibility index (Phi) is 3.09. The molecule has 0 N–H and O–H groups in total. The second-order valence-corrected chi connectivity index (χ2v) is 6.34. The lowest BCUT2D eigenvalue weighted by atomic mass is 9.48. The molecule has 2 aliphatic rings. The van der Waals surface area contributed by atoms with E-state index in [-0.39, 0.29) is 16.9 Å². The lowest BCUT2D eigenvalue weighted by molar-refractivity contribution is -0.164. The van der Waals surface area contributed by atoms with Crippen molar-refractivity contribution in [2.45, 2.75) is 59.5 Å². The average Bonchev–Trinajstić information content (AvgIpc) is 2.29. The molecule has 0 aromatic rings. The lowest BCUT2D eigenvalue weighted by Crippen LogP contribution is -2.55. The molecule has 0 radical (unpaired) electrons. The van der Waals surface area contributed by atoms with E-state index < -0.39 is 0 Å². The maximum atomic E-state index is 10.8. The summed E-state index contributed by atoms with van der Waals surface area (Å²) in [6.45, 7) is 9.77. The van der Waals surface area contributed by atoms with Gasteiger partial charge in [0.15, 0.2) is 0 Å². The standard InChI is InChI=1S/C15H24O2/c1-11-7-9-14(3)12(2)6-5-8-15(14,4)13(11)17-10-16/h6,10-11,13H,5,7-9H2,1-4H3/t11-,13+,14-,15+/m0/s1. The van der Waals surface area contributed by atoms with Crippen molar-refractivity contribution in [1.82, 2.24) is 0 Å². The zero-order valence-corrected chi connectivity index (χ0v) is 11.5. The average molecular weight is 236 g/mol. The number of ether oxygens (including phenoxy) is 1. The minimum atomic E-state index is 0.0717. The van der Waals surface area contributed by atoms with Crippen molar-refractivity contribution in [1.29, 1.82) is 0 Å². The third-order valence-corrected chi connectivity index (χ3v) is 5.69. The summed E-state index contributed by atoms with van der Waals surface area (Å²) >= 11 is 0. The van der Waals surface area contributed by atoms with E-state index in [0.29, 0.717) is 12.4 Å². The van der Waals surface area contributed by atoms with Crippen LogP contribution in [0.3, 0.4) is 0 Å². The van der Waals surface area contributed by atoms with Crippen molar-refractivity contribution < 1.29 is 9.53 Å². The van der Waals surface area contributed by atoms with Gasteiger partial charge in [0.25, 0.3) is 6.47 Å². The fraction of sp³-hybridized carbons (Fsp3) is 0.800. The van der Waals surface area contributed by atoms with Gasteiger partial charge in [-0.2, -0.15) is 0 Å². The van der Waals surface area contributed by atoms with Crippen LogP contribution in [0.5, 0.6) is 0 Å². The molecule has 2 rings (SSSR count). The van der Waals surface area contributed by atoms with Crippen molar-refractivity contribution in [3.63, 3.8) is 0 Å². The van der Waals surface area contributed by atoms with Crippen molar-refractivity contribution >= 4 is 6.47 Å². The molecule has 0 aromatic carbocycles. The minimum Gasteiger partial charge on any atom is -0.464 e. The summed E-state index contributed by atoms with van der Waals surface area (Å²) in [6.07, 6.45) is 7.05. The molecular weight excluding hydrogens is 212 g/mol. The molecule has 0 unspecified atom stereocenters. The Labute approximate surface area is 104 Å². The van der Waals surface area contributed by atoms with E-state index in [0.717, 1.165) is 19.3 Å². The summed E-state index contributed by atoms with van der Waals surface area (Å²) in [5.74, 6) is 0.476. The van der Waals surface area contributed by atoms with Gasteiger partial charge in [-0.25, -0.2) is 0 Å². The smallest absolute Gasteiger partial charge is 0.293 e. The maximum absolute atomic E-state index is 10.8. The van der Waals surface area contributed by atoms with Crippen LogP contribution in [0.25, 0.3) is 0 Å². The highest BCUT2D eigenvalue weighted by Gasteiger charge is 2.56. The first-order valence-corrected chi connectivity index (χ1v) is 6.72. The van der Waals surface area contributed by atoms with Crippen LogP contribution in [-0.4, -0.2) is 12.6 Å². The highest BCUT2D eigenvalue weighted by Crippen LogP contribution is 2.60. The van der Waals surface area contributed by atoms with Crippen LogP contribution in [0.4, 0.5) is 0 Å². The number of hydrogen-bond donors (Lipinski definition) is 0. The van der Waals surface area contributed by atoms with Gasteiger partial charge in [-0.1, -0.05) is 32.4 Å². The summed E-state index contributed by atoms with van der Waals surface area (Å²) in [5.41, 5.74) is 1.79. The first kappa shape index (κ1) is 12.7. The van der Waals surface area contributed by atoms with E-state index in [1.165, 1.54) is 12.0 Å². The summed E-state index contributed by atoms with van der Waals surface area (Å²) in [4.78, 5) is 10.8. The monoisotopic (exact) mass is 236 g/mol. The zero-order chi connectivity index (χ0) is 12.7. The molecule has 2 aliphatic carbocycles. The molecule has 96 valence electrons. The molecule has 0 aromatic heterocycles. The van der Waals surface area contributed by atoms with Crippen LogP contribution in [0.1, 0.15) is 53.4 Å². The molecule has 17 heavy (non-hydrogen) atoms. The van der Waals surface area contributed by atoms with Gasteiger partial charge in [0.05, 0.1) is 0 Å². The van der Waals surface area contributed by atoms with Gasteiger partial charge >= 0.3 is 0 Å². The Bertz CT molecular complexity index is 347. The number of rotatable bonds is 2. The van der Waals surface area contributed by atoms with Gasteiger partial charge in [0.2, 0.25) is 0 Å². The molecule has 0 spiro atoms. The van der Waals surface area contributed by atoms with Crippen molar-refractivity contribution in [2.75, 3.05) is 0 Å². The highest BCUT2D eigenvalue weighted by atomic mass is 16.5. The van der Waals surface area contributed by atoms with E-state index in [4.69, 9.17) is 4.74 Å². The molecule has 0 aliphatic heterocycles. The molecule has 1 saturated carbocycles. The summed E-state index contributed by atoms with van der Waals surface area (Å²) in [5, 5.41) is 0. The molecular formula is C15H24O2. The molecule has 0 amide bonds. The number of fused-ring (bicyclic) bond motifs is 1. The Balaban J connectivity index is 2.42. The van der Waals surface area contributed by atoms with Crippen LogP contribution >= 0.6 is 0 Å². The van der Waals surface area contributed by atoms with Crippen LogP contribution in [-0.2, 0) is 9.53 Å². The second-order valence-electron chi connectivity index (χ2n) is 6.34. The van der Waals surface area contributed by atoms with E-state index in [1.807, 2.05) is 0 Å². The lowest BCUT2D eigenvalue weighted by Gasteiger charge is -2.58. The zero-order valence-electron chi connectivity index (χ0n) is 11.5. The first-order chi connectivity index (χ1) is 7.95. The molecule has 2 nitrogen and oxygen atoms in total. The van der Waals surface area contributed by atoms with Crippen molar-refractivity contribution in [2.24, 2.45) is 16.7 Å². The topological polar surface area (TPSA) is 26.3 Å². The molecule has 0 heterocycles. The summed E-state index contributed by atoms with van der Waals surface area (Å²) in [6, 6.07) is 0. The number of carbonyl (C=O) groups excluding carboxylic acids is 1. The second kappa shape index (κ2) is 4.15. The third-order valence-electron chi connectivity index (χ3n) is 5.69. The van der Waals surface area contributed by atoms with Gasteiger partial charge in [-0.05, 0) is 43.9 Å². The third kappa shape index (κ3) is 1.64. The quantitative estimate of drug-likeness (QED) is 0.539. The Morgan fingerprint density at radius 2 is 2.12 bits per heavy atom. The van der Waals surface area contributed by atoms with Crippen LogP contribution in [0.15, 0.2) is 11.6 Å². The fourth-order valence-electron chi connectivity index (χ4n) is 4.12. The number of allylic oxidation sites excluding steroid dienone is 2. The molecule has 4 atom stereocenters. The highest BCUT2D eigenvalue weighted by molar-refractivity contribution is 5.38. The Morgan fingerprint density at radius 3 is 2.76 bits per heavy atom. The molecule has 0 bridgehead atoms. The normalized spacial score (nSPS) is 45.8. The van der Waals surface area contributed by atoms with E-state index in [1.54, 1.807) is 0 Å². The van der Waals surface area contributed by atoms with Gasteiger partial charge in [-0.15, -0.1) is 0 Å². The fourth-order valence-corrected chi connectivity index (χ4v) is 4.12. The van der Waals surface area contributed by atoms with Crippen LogP contribution in [0, 0.1) is 16.7 Å². The van der Waals surface area contributed by atoms with E-state index in [9.17, 15) is 4.79 Å². The molecule has 2 heteroatoms. The summed E-state index contributed by atoms with van der Waals surface area (Å²) in [7, 11) is 0. The van der Waals surface area contributed by atoms with Gasteiger partial charge in [0, 0.05) is 5.41 Å². The Hall–Kier alpha value is -0.790. The van der Waals surface area contributed by atoms with Crippen LogP contribution in [0.2, 0.25) is 0 Å². The first-order valence-electron chi connectivity index (χ1n) is 6.72. The van der Waals surface area contributed by atoms with E-state index >= 15 is 0 Å². The van der Waals surface area contributed by atoms with Gasteiger partial charge < -0.3 is 4.74 Å². The largest absolute Gasteiger partial charge is 0.464 e.